The van der Waals surface area contributed by atoms with E-state index in [9.17, 15) is 15.3 Å². The lowest BCUT2D eigenvalue weighted by Gasteiger charge is -2.39. The topological polar surface area (TPSA) is 109 Å². The first kappa shape index (κ1) is 28.9. The van der Waals surface area contributed by atoms with Crippen LogP contribution in [0, 0.1) is 22.7 Å². The Hall–Kier alpha value is -4.64. The molecule has 1 aliphatic carbocycles. The van der Waals surface area contributed by atoms with Crippen LogP contribution in [0.15, 0.2) is 69.9 Å². The standard InChI is InChI=1S/C32H33N8OS/c1-5-38(6-2)24-13-11-23(12-14-24)36-37-32-35-31(39-15-17-40(3,4)18-16-39)28(42-32)19-27-29(22(20-33)21-34)25-9-7-8-10-26(25)30(27)41/h7-14,19H,5-6,15-18H2,1-4H3/q+1/b27-19-,37-36+. The third kappa shape index (κ3) is 5.73. The first-order chi connectivity index (χ1) is 20.3. The highest BCUT2D eigenvalue weighted by molar-refractivity contribution is 7.16. The van der Waals surface area contributed by atoms with Crippen molar-refractivity contribution < 1.29 is 9.28 Å². The lowest BCUT2D eigenvalue weighted by Crippen LogP contribution is -2.55. The van der Waals surface area contributed by atoms with Crippen LogP contribution in [0.2, 0.25) is 0 Å². The summed E-state index contributed by atoms with van der Waals surface area (Å²) < 4.78 is 0.918. The third-order valence-electron chi connectivity index (χ3n) is 7.81. The number of carbonyl (C=O) groups excluding carboxylic acids is 1. The minimum atomic E-state index is -0.212. The van der Waals surface area contributed by atoms with E-state index in [1.165, 1.54) is 11.3 Å². The molecule has 2 aliphatic rings. The van der Waals surface area contributed by atoms with Gasteiger partial charge in [-0.25, -0.2) is 0 Å². The van der Waals surface area contributed by atoms with Gasteiger partial charge in [-0.3, -0.25) is 4.79 Å². The largest absolute Gasteiger partial charge is 0.372 e. The van der Waals surface area contributed by atoms with E-state index < -0.39 is 0 Å². The Kier molecular flexibility index (Phi) is 8.30. The van der Waals surface area contributed by atoms with Gasteiger partial charge >= 0.3 is 0 Å². The molecule has 0 atom stereocenters. The molecule has 0 saturated carbocycles. The zero-order chi connectivity index (χ0) is 29.9. The fraction of sp³-hybridized carbons (Fsp3) is 0.312. The van der Waals surface area contributed by atoms with Crippen LogP contribution in [0.3, 0.4) is 0 Å². The van der Waals surface area contributed by atoms with Crippen molar-refractivity contribution in [1.82, 2.24) is 4.98 Å². The number of azo groups is 1. The molecule has 5 rings (SSSR count). The van der Waals surface area contributed by atoms with Crippen LogP contribution in [-0.4, -0.2) is 68.6 Å². The maximum absolute atomic E-state index is 13.6. The number of hydrogen-bond donors (Lipinski definition) is 0. The Balaban J connectivity index is 1.55. The maximum atomic E-state index is 13.6. The lowest BCUT2D eigenvalue weighted by atomic mass is 9.99. The zero-order valence-electron chi connectivity index (χ0n) is 24.3. The summed E-state index contributed by atoms with van der Waals surface area (Å²) >= 11 is 1.34. The fourth-order valence-corrected chi connectivity index (χ4v) is 6.14. The average Bonchev–Trinajstić information content (AvgIpc) is 3.53. The molecule has 0 N–H and O–H groups in total. The van der Waals surface area contributed by atoms with E-state index in [0.29, 0.717) is 27.4 Å². The highest BCUT2D eigenvalue weighted by atomic mass is 32.1. The number of aromatic nitrogens is 1. The van der Waals surface area contributed by atoms with Gasteiger partial charge in [0, 0.05) is 35.5 Å². The number of hydrogen-bond acceptors (Lipinski definition) is 9. The van der Waals surface area contributed by atoms with Crippen molar-refractivity contribution in [2.24, 2.45) is 10.2 Å². The Morgan fingerprint density at radius 1 is 1.02 bits per heavy atom. The lowest BCUT2D eigenvalue weighted by molar-refractivity contribution is -0.890. The number of quaternary nitrogens is 1. The van der Waals surface area contributed by atoms with Gasteiger partial charge in [-0.2, -0.15) is 15.5 Å². The van der Waals surface area contributed by atoms with E-state index >= 15 is 0 Å². The third-order valence-corrected chi connectivity index (χ3v) is 8.68. The van der Waals surface area contributed by atoms with Crippen molar-refractivity contribution >= 4 is 51.1 Å². The summed E-state index contributed by atoms with van der Waals surface area (Å²) in [4.78, 5) is 23.7. The maximum Gasteiger partial charge on any atom is 0.232 e. The van der Waals surface area contributed by atoms with Gasteiger partial charge in [-0.1, -0.05) is 35.6 Å². The monoisotopic (exact) mass is 577 g/mol. The van der Waals surface area contributed by atoms with Gasteiger partial charge in [-0.05, 0) is 49.8 Å². The molecule has 212 valence electrons. The van der Waals surface area contributed by atoms with Gasteiger partial charge in [0.15, 0.2) is 5.78 Å². The number of thiazole rings is 1. The molecule has 0 amide bonds. The second-order valence-corrected chi connectivity index (χ2v) is 11.9. The summed E-state index contributed by atoms with van der Waals surface area (Å²) in [5.41, 5.74) is 3.54. The number of allylic oxidation sites excluding steroid dienone is 3. The summed E-state index contributed by atoms with van der Waals surface area (Å²) in [6.07, 6.45) is 1.77. The van der Waals surface area contributed by atoms with Gasteiger partial charge in [0.05, 0.1) is 50.8 Å². The molecule has 0 unspecified atom stereocenters. The van der Waals surface area contributed by atoms with Gasteiger partial charge < -0.3 is 14.3 Å². The molecule has 2 aromatic carbocycles. The second kappa shape index (κ2) is 12.1. The molecule has 9 nitrogen and oxygen atoms in total. The van der Waals surface area contributed by atoms with Gasteiger partial charge in [0.1, 0.15) is 23.5 Å². The molecule has 1 saturated heterocycles. The first-order valence-corrected chi connectivity index (χ1v) is 14.8. The summed E-state index contributed by atoms with van der Waals surface area (Å²) in [5.74, 6) is 0.521. The number of Topliss-reactive ketones (excluding diaryl/α,β-unsaturated/α-hetero) is 1. The second-order valence-electron chi connectivity index (χ2n) is 10.8. The smallest absolute Gasteiger partial charge is 0.232 e. The molecule has 0 radical (unpaired) electrons. The number of anilines is 2. The van der Waals surface area contributed by atoms with E-state index in [2.05, 4.69) is 48.0 Å². The van der Waals surface area contributed by atoms with Crippen molar-refractivity contribution in [2.45, 2.75) is 13.8 Å². The number of likely N-dealkylation sites (N-methyl/N-ethyl adjacent to an activating group) is 1. The predicted octanol–water partition coefficient (Wildman–Crippen LogP) is 6.38. The molecule has 1 aliphatic heterocycles. The number of rotatable bonds is 7. The highest BCUT2D eigenvalue weighted by Gasteiger charge is 2.34. The van der Waals surface area contributed by atoms with Crippen LogP contribution in [0.5, 0.6) is 0 Å². The molecule has 2 heterocycles. The minimum Gasteiger partial charge on any atom is -0.372 e. The van der Waals surface area contributed by atoms with Crippen molar-refractivity contribution in [2.75, 3.05) is 63.2 Å². The Labute approximate surface area is 250 Å². The Morgan fingerprint density at radius 2 is 1.67 bits per heavy atom. The van der Waals surface area contributed by atoms with Crippen LogP contribution in [0.25, 0.3) is 11.6 Å². The summed E-state index contributed by atoms with van der Waals surface area (Å²) in [5, 5.41) is 28.9. The molecular formula is C32H33N8OS+. The van der Waals surface area contributed by atoms with E-state index in [4.69, 9.17) is 4.98 Å². The fourth-order valence-electron chi connectivity index (χ4n) is 5.29. The SMILES string of the molecule is CCN(CC)c1ccc(/N=N/c2nc(N3CC[N+](C)(C)CC3)c(/C=C3\C(=O)c4ccccc4C3=C(C#N)C#N)s2)cc1. The molecule has 10 heteroatoms. The van der Waals surface area contributed by atoms with Gasteiger partial charge in [-0.15, -0.1) is 10.2 Å². The summed E-state index contributed by atoms with van der Waals surface area (Å²) in [6.45, 7) is 9.62. The molecule has 0 spiro atoms. The van der Waals surface area contributed by atoms with E-state index in [0.717, 1.165) is 65.8 Å². The van der Waals surface area contributed by atoms with E-state index in [1.54, 1.807) is 30.3 Å². The van der Waals surface area contributed by atoms with Crippen molar-refractivity contribution in [3.05, 3.63) is 75.7 Å². The zero-order valence-corrected chi connectivity index (χ0v) is 25.1. The van der Waals surface area contributed by atoms with Crippen LogP contribution >= 0.6 is 11.3 Å². The average molecular weight is 578 g/mol. The number of nitrogens with zero attached hydrogens (tertiary/aromatic N) is 8. The number of benzene rings is 2. The molecule has 42 heavy (non-hydrogen) atoms. The van der Waals surface area contributed by atoms with Crippen molar-refractivity contribution in [3.8, 4) is 12.1 Å². The quantitative estimate of drug-likeness (QED) is 0.139. The first-order valence-electron chi connectivity index (χ1n) is 14.0. The van der Waals surface area contributed by atoms with Crippen molar-refractivity contribution in [3.63, 3.8) is 0 Å². The summed E-state index contributed by atoms with van der Waals surface area (Å²) in [6, 6.07) is 19.0. The Bertz CT molecular complexity index is 1650. The van der Waals surface area contributed by atoms with Crippen LogP contribution in [0.4, 0.5) is 22.3 Å². The van der Waals surface area contributed by atoms with Crippen LogP contribution in [-0.2, 0) is 0 Å². The molecule has 0 bridgehead atoms. The normalized spacial score (nSPS) is 16.9. The van der Waals surface area contributed by atoms with E-state index in [-0.39, 0.29) is 11.4 Å². The Morgan fingerprint density at radius 3 is 2.29 bits per heavy atom. The van der Waals surface area contributed by atoms with Crippen molar-refractivity contribution in [1.29, 1.82) is 10.5 Å². The predicted molar refractivity (Wildman–Crippen MR) is 167 cm³/mol. The summed E-state index contributed by atoms with van der Waals surface area (Å²) in [7, 11) is 4.42. The number of piperazine rings is 1. The van der Waals surface area contributed by atoms with Gasteiger partial charge in [0.2, 0.25) is 5.13 Å². The van der Waals surface area contributed by atoms with E-state index in [1.807, 2.05) is 36.4 Å². The number of ketones is 1. The van der Waals surface area contributed by atoms with Crippen LogP contribution < -0.4 is 9.80 Å². The molecule has 1 fully saturated rings. The number of fused-ring (bicyclic) bond motifs is 1. The highest BCUT2D eigenvalue weighted by Crippen LogP contribution is 2.42. The molecular weight excluding hydrogens is 544 g/mol. The molecule has 1 aromatic heterocycles. The van der Waals surface area contributed by atoms with Crippen LogP contribution in [0.1, 0.15) is 34.6 Å². The van der Waals surface area contributed by atoms with Gasteiger partial charge in [0.25, 0.3) is 0 Å². The number of nitriles is 2. The molecule has 3 aromatic rings. The minimum absolute atomic E-state index is 0.0873. The number of carbonyl (C=O) groups is 1.